The molecular formula is C25H45N7O. The van der Waals surface area contributed by atoms with E-state index < -0.39 is 0 Å². The van der Waals surface area contributed by atoms with Crippen molar-refractivity contribution in [1.82, 2.24) is 30.7 Å². The molecule has 3 rings (SSSR count). The van der Waals surface area contributed by atoms with E-state index in [-0.39, 0.29) is 18.8 Å². The standard InChI is InChI=1S/C25H45N7O/c1-26-16-21-15-23(32(3)19-21)8-7-22-5-4-6-25(31(2)13-14-33)29-18-24(30-22)28-17-20-9-11-27-12-10-20/h4-5,15,19-20,22,25-27,29,33H,6-14,16-18H2,1-3H3,(H,28,30). The van der Waals surface area contributed by atoms with Gasteiger partial charge in [-0.3, -0.25) is 15.2 Å². The lowest BCUT2D eigenvalue weighted by atomic mass is 9.98. The number of aliphatic hydroxyl groups is 1. The molecule has 0 bridgehead atoms. The van der Waals surface area contributed by atoms with Crippen LogP contribution in [-0.4, -0.2) is 86.0 Å². The molecule has 1 aromatic heterocycles. The van der Waals surface area contributed by atoms with Crippen LogP contribution in [0.25, 0.3) is 0 Å². The van der Waals surface area contributed by atoms with E-state index in [0.717, 1.165) is 57.8 Å². The van der Waals surface area contributed by atoms with Gasteiger partial charge in [-0.1, -0.05) is 12.2 Å². The summed E-state index contributed by atoms with van der Waals surface area (Å²) in [7, 11) is 6.19. The maximum atomic E-state index is 9.37. The Balaban J connectivity index is 1.67. The fourth-order valence-corrected chi connectivity index (χ4v) is 4.74. The average Bonchev–Trinajstić information content (AvgIpc) is 3.21. The van der Waals surface area contributed by atoms with E-state index in [0.29, 0.717) is 12.5 Å². The zero-order valence-electron chi connectivity index (χ0n) is 20.8. The second kappa shape index (κ2) is 13.9. The number of aryl methyl sites for hydroxylation is 2. The molecule has 0 aliphatic carbocycles. The summed E-state index contributed by atoms with van der Waals surface area (Å²) in [6, 6.07) is 2.56. The topological polar surface area (TPSA) is 88.9 Å². The van der Waals surface area contributed by atoms with E-state index >= 15 is 0 Å². The quantitative estimate of drug-likeness (QED) is 0.333. The molecule has 2 aliphatic heterocycles. The maximum Gasteiger partial charge on any atom is 0.111 e. The largest absolute Gasteiger partial charge is 0.395 e. The van der Waals surface area contributed by atoms with Crippen LogP contribution in [0.2, 0.25) is 0 Å². The Kier molecular flexibility index (Phi) is 10.9. The van der Waals surface area contributed by atoms with Gasteiger partial charge in [0.25, 0.3) is 0 Å². The molecular weight excluding hydrogens is 414 g/mol. The Bertz CT molecular complexity index is 754. The molecule has 5 N–H and O–H groups in total. The van der Waals surface area contributed by atoms with E-state index in [9.17, 15) is 5.11 Å². The van der Waals surface area contributed by atoms with Gasteiger partial charge < -0.3 is 25.6 Å². The number of aromatic nitrogens is 1. The number of hydrogen-bond acceptors (Lipinski definition) is 6. The molecule has 2 atom stereocenters. The molecule has 186 valence electrons. The Labute approximate surface area is 199 Å². The predicted octanol–water partition coefficient (Wildman–Crippen LogP) is 0.833. The van der Waals surface area contributed by atoms with Crippen molar-refractivity contribution in [1.29, 1.82) is 0 Å². The number of nitrogens with zero attached hydrogens (tertiary/aromatic N) is 3. The van der Waals surface area contributed by atoms with Crippen molar-refractivity contribution < 1.29 is 5.11 Å². The Hall–Kier alpha value is -1.71. The lowest BCUT2D eigenvalue weighted by Crippen LogP contribution is -2.48. The third-order valence-electron chi connectivity index (χ3n) is 6.83. The number of aliphatic imine (C=N–C) groups is 1. The highest BCUT2D eigenvalue weighted by atomic mass is 16.3. The zero-order valence-corrected chi connectivity index (χ0v) is 20.8. The number of amidine groups is 1. The number of piperidine rings is 1. The van der Waals surface area contributed by atoms with Crippen LogP contribution in [0.3, 0.4) is 0 Å². The molecule has 0 radical (unpaired) electrons. The monoisotopic (exact) mass is 459 g/mol. The van der Waals surface area contributed by atoms with Crippen LogP contribution in [0.1, 0.15) is 36.9 Å². The lowest BCUT2D eigenvalue weighted by Gasteiger charge is -2.28. The van der Waals surface area contributed by atoms with Crippen molar-refractivity contribution in [3.8, 4) is 0 Å². The normalized spacial score (nSPS) is 24.0. The van der Waals surface area contributed by atoms with Crippen LogP contribution in [0.15, 0.2) is 29.4 Å². The first-order valence-electron chi connectivity index (χ1n) is 12.6. The highest BCUT2D eigenvalue weighted by Gasteiger charge is 2.19. The molecule has 8 heteroatoms. The van der Waals surface area contributed by atoms with E-state index in [1.165, 1.54) is 24.1 Å². The lowest BCUT2D eigenvalue weighted by molar-refractivity contribution is 0.162. The van der Waals surface area contributed by atoms with Gasteiger partial charge in [0.05, 0.1) is 19.3 Å². The van der Waals surface area contributed by atoms with Crippen molar-refractivity contribution in [3.05, 3.63) is 35.7 Å². The van der Waals surface area contributed by atoms with Gasteiger partial charge in [0.2, 0.25) is 0 Å². The van der Waals surface area contributed by atoms with Crippen molar-refractivity contribution in [2.75, 3.05) is 53.4 Å². The van der Waals surface area contributed by atoms with Crippen LogP contribution in [-0.2, 0) is 20.0 Å². The van der Waals surface area contributed by atoms with Crippen LogP contribution >= 0.6 is 0 Å². The second-order valence-electron chi connectivity index (χ2n) is 9.52. The SMILES string of the molecule is CNCc1cc(CCC2C=CCC(N(C)CCO)NCC(=NCC3CCNCC3)N2)n(C)c1. The summed E-state index contributed by atoms with van der Waals surface area (Å²) < 4.78 is 2.25. The third kappa shape index (κ3) is 8.54. The van der Waals surface area contributed by atoms with Gasteiger partial charge in [-0.05, 0) is 76.8 Å². The molecule has 2 unspecified atom stereocenters. The summed E-state index contributed by atoms with van der Waals surface area (Å²) in [6.45, 7) is 5.55. The molecule has 0 saturated carbocycles. The van der Waals surface area contributed by atoms with E-state index in [1.807, 2.05) is 7.05 Å². The highest BCUT2D eigenvalue weighted by molar-refractivity contribution is 5.84. The Morgan fingerprint density at radius 1 is 1.30 bits per heavy atom. The zero-order chi connectivity index (χ0) is 23.5. The fraction of sp³-hybridized carbons (Fsp3) is 0.720. The first-order chi connectivity index (χ1) is 16.1. The average molecular weight is 460 g/mol. The first kappa shape index (κ1) is 25.9. The summed E-state index contributed by atoms with van der Waals surface area (Å²) >= 11 is 0. The molecule has 0 amide bonds. The second-order valence-corrected chi connectivity index (χ2v) is 9.52. The van der Waals surface area contributed by atoms with Gasteiger partial charge in [0.1, 0.15) is 5.84 Å². The van der Waals surface area contributed by atoms with Gasteiger partial charge in [-0.2, -0.15) is 0 Å². The van der Waals surface area contributed by atoms with E-state index in [1.54, 1.807) is 0 Å². The minimum Gasteiger partial charge on any atom is -0.395 e. The summed E-state index contributed by atoms with van der Waals surface area (Å²) in [5, 5.41) is 23.5. The Morgan fingerprint density at radius 3 is 2.88 bits per heavy atom. The number of aliphatic hydroxyl groups excluding tert-OH is 1. The number of likely N-dealkylation sites (N-methyl/N-ethyl adjacent to an activating group) is 1. The summed E-state index contributed by atoms with van der Waals surface area (Å²) in [4.78, 5) is 7.22. The Morgan fingerprint density at radius 2 is 2.12 bits per heavy atom. The molecule has 33 heavy (non-hydrogen) atoms. The van der Waals surface area contributed by atoms with Crippen LogP contribution in [0.5, 0.6) is 0 Å². The molecule has 2 aliphatic rings. The summed E-state index contributed by atoms with van der Waals surface area (Å²) in [5.41, 5.74) is 2.69. The van der Waals surface area contributed by atoms with Gasteiger partial charge >= 0.3 is 0 Å². The van der Waals surface area contributed by atoms with Gasteiger partial charge in [-0.15, -0.1) is 0 Å². The van der Waals surface area contributed by atoms with Crippen molar-refractivity contribution >= 4 is 5.84 Å². The minimum atomic E-state index is 0.169. The molecule has 3 heterocycles. The van der Waals surface area contributed by atoms with Crippen molar-refractivity contribution in [3.63, 3.8) is 0 Å². The molecule has 1 fully saturated rings. The highest BCUT2D eigenvalue weighted by Crippen LogP contribution is 2.14. The summed E-state index contributed by atoms with van der Waals surface area (Å²) in [6.07, 6.45) is 12.4. The van der Waals surface area contributed by atoms with E-state index in [4.69, 9.17) is 4.99 Å². The van der Waals surface area contributed by atoms with Crippen LogP contribution in [0.4, 0.5) is 0 Å². The van der Waals surface area contributed by atoms with Gasteiger partial charge in [0.15, 0.2) is 0 Å². The first-order valence-corrected chi connectivity index (χ1v) is 12.6. The van der Waals surface area contributed by atoms with E-state index in [2.05, 4.69) is 69.2 Å². The molecule has 1 aromatic rings. The number of rotatable bonds is 10. The smallest absolute Gasteiger partial charge is 0.111 e. The van der Waals surface area contributed by atoms with Gasteiger partial charge in [0, 0.05) is 44.6 Å². The molecule has 0 aromatic carbocycles. The fourth-order valence-electron chi connectivity index (χ4n) is 4.74. The summed E-state index contributed by atoms with van der Waals surface area (Å²) in [5.74, 6) is 1.72. The van der Waals surface area contributed by atoms with Crippen LogP contribution in [0, 0.1) is 5.92 Å². The molecule has 0 spiro atoms. The van der Waals surface area contributed by atoms with Crippen molar-refractivity contribution in [2.45, 2.75) is 50.9 Å². The maximum absolute atomic E-state index is 9.37. The van der Waals surface area contributed by atoms with Gasteiger partial charge in [-0.25, -0.2) is 0 Å². The number of nitrogens with one attached hydrogen (secondary N) is 4. The minimum absolute atomic E-state index is 0.169. The third-order valence-corrected chi connectivity index (χ3v) is 6.83. The van der Waals surface area contributed by atoms with Crippen molar-refractivity contribution in [2.24, 2.45) is 18.0 Å². The number of hydrogen-bond donors (Lipinski definition) is 5. The molecule has 8 nitrogen and oxygen atoms in total. The van der Waals surface area contributed by atoms with Crippen LogP contribution < -0.4 is 21.3 Å². The molecule has 1 saturated heterocycles. The predicted molar refractivity (Wildman–Crippen MR) is 137 cm³/mol.